The normalized spacial score (nSPS) is 10.5. The highest BCUT2D eigenvalue weighted by atomic mass is 16.5. The second-order valence-electron chi connectivity index (χ2n) is 12.3. The van der Waals surface area contributed by atoms with Crippen molar-refractivity contribution in [2.24, 2.45) is 22.7 Å². The summed E-state index contributed by atoms with van der Waals surface area (Å²) in [5, 5.41) is 2.58. The average Bonchev–Trinajstić information content (AvgIpc) is 2.58. The lowest BCUT2D eigenvalue weighted by Crippen LogP contribution is -2.25. The van der Waals surface area contributed by atoms with Crippen LogP contribution in [0.3, 0.4) is 0 Å². The first-order valence-corrected chi connectivity index (χ1v) is 12.2. The largest absolute Gasteiger partial charge is 0.469 e. The summed E-state index contributed by atoms with van der Waals surface area (Å²) < 4.78 is 4.42. The number of methoxy groups -OCH3 is 1. The van der Waals surface area contributed by atoms with E-state index >= 15 is 0 Å². The third kappa shape index (κ3) is 50.3. The lowest BCUT2D eigenvalue weighted by Gasteiger charge is -2.22. The Kier molecular flexibility index (Phi) is 28.3. The average molecular weight is 506 g/mol. The van der Waals surface area contributed by atoms with Gasteiger partial charge in [-0.3, -0.25) is 14.4 Å². The Bertz CT molecular complexity index is 529. The van der Waals surface area contributed by atoms with Gasteiger partial charge in [-0.25, -0.2) is 0 Å². The lowest BCUT2D eigenvalue weighted by atomic mass is 9.92. The molecule has 0 unspecified atom stereocenters. The van der Waals surface area contributed by atoms with Crippen LogP contribution in [0.5, 0.6) is 0 Å². The number of amides is 2. The van der Waals surface area contributed by atoms with Crippen molar-refractivity contribution < 1.29 is 19.1 Å². The summed E-state index contributed by atoms with van der Waals surface area (Å²) in [5.41, 5.74) is 0.559. The Balaban J connectivity index is -0.000000113. The van der Waals surface area contributed by atoms with E-state index in [0.717, 1.165) is 6.54 Å². The second-order valence-corrected chi connectivity index (χ2v) is 12.3. The number of esters is 1. The van der Waals surface area contributed by atoms with Crippen molar-refractivity contribution in [1.82, 2.24) is 15.1 Å². The standard InChI is InChI=1S/2C7H15NO.C7H17N.C6H12O2.CH4/c1-7(2,3)5-6(9)8-4;1-6(2)5-7(9)8(3)4;1-7(2,3)6-8(4)5;1-5(2)4-6(7)8-3;/h5H2,1-4H3,(H,8,9);6H,5H2,1-4H3;6H2,1-5H3;5H,4H2,1-3H3;1H4. The molecule has 7 heteroatoms. The van der Waals surface area contributed by atoms with Gasteiger partial charge in [0.25, 0.3) is 0 Å². The van der Waals surface area contributed by atoms with Gasteiger partial charge < -0.3 is 19.9 Å². The number of hydrogen-bond acceptors (Lipinski definition) is 5. The van der Waals surface area contributed by atoms with Crippen LogP contribution in [0, 0.1) is 22.7 Å². The molecule has 1 N–H and O–H groups in total. The van der Waals surface area contributed by atoms with E-state index in [-0.39, 0.29) is 30.6 Å². The fourth-order valence-corrected chi connectivity index (χ4v) is 2.47. The van der Waals surface area contributed by atoms with Gasteiger partial charge >= 0.3 is 5.97 Å². The van der Waals surface area contributed by atoms with Crippen molar-refractivity contribution >= 4 is 17.8 Å². The topological polar surface area (TPSA) is 79.0 Å². The number of hydrogen-bond donors (Lipinski definition) is 1. The summed E-state index contributed by atoms with van der Waals surface area (Å²) in [4.78, 5) is 35.8. The fraction of sp³-hybridized carbons (Fsp3) is 0.893. The Hall–Kier alpha value is -1.63. The SMILES string of the molecule is C.CC(C)CC(=O)N(C)C.CN(C)CC(C)(C)C.CNC(=O)CC(C)(C)C.COC(=O)CC(C)C. The van der Waals surface area contributed by atoms with Gasteiger partial charge in [0.2, 0.25) is 11.8 Å². The summed E-state index contributed by atoms with van der Waals surface area (Å²) >= 11 is 0. The van der Waals surface area contributed by atoms with Gasteiger partial charge in [-0.2, -0.15) is 0 Å². The molecule has 0 saturated carbocycles. The molecule has 214 valence electrons. The first kappa shape index (κ1) is 43.4. The second kappa shape index (κ2) is 22.8. The van der Waals surface area contributed by atoms with Crippen molar-refractivity contribution in [3.63, 3.8) is 0 Å². The quantitative estimate of drug-likeness (QED) is 0.467. The predicted octanol–water partition coefficient (Wildman–Crippen LogP) is 5.73. The van der Waals surface area contributed by atoms with Crippen LogP contribution in [-0.4, -0.2) is 76.5 Å². The molecule has 0 radical (unpaired) electrons. The van der Waals surface area contributed by atoms with Crippen LogP contribution >= 0.6 is 0 Å². The van der Waals surface area contributed by atoms with Gasteiger partial charge in [-0.15, -0.1) is 0 Å². The van der Waals surface area contributed by atoms with Gasteiger partial charge in [0.15, 0.2) is 0 Å². The molecule has 0 aliphatic rings. The molecule has 0 fully saturated rings. The van der Waals surface area contributed by atoms with E-state index < -0.39 is 0 Å². The highest BCUT2D eigenvalue weighted by molar-refractivity contribution is 5.76. The van der Waals surface area contributed by atoms with Crippen molar-refractivity contribution in [3.8, 4) is 0 Å². The van der Waals surface area contributed by atoms with E-state index in [1.54, 1.807) is 26.0 Å². The number of carbonyl (C=O) groups is 3. The summed E-state index contributed by atoms with van der Waals surface area (Å²) in [6.45, 7) is 22.1. The van der Waals surface area contributed by atoms with Gasteiger partial charge in [0, 0.05) is 47.0 Å². The maximum absolute atomic E-state index is 10.9. The molecule has 0 aliphatic carbocycles. The van der Waals surface area contributed by atoms with Crippen LogP contribution in [0.4, 0.5) is 0 Å². The predicted molar refractivity (Wildman–Crippen MR) is 152 cm³/mol. The molecular formula is C28H63N3O4. The molecule has 0 saturated heterocycles. The van der Waals surface area contributed by atoms with Crippen molar-refractivity contribution in [3.05, 3.63) is 0 Å². The fourth-order valence-electron chi connectivity index (χ4n) is 2.47. The first-order chi connectivity index (χ1) is 15.1. The van der Waals surface area contributed by atoms with E-state index in [2.05, 4.69) is 49.8 Å². The summed E-state index contributed by atoms with van der Waals surface area (Å²) in [6, 6.07) is 0. The zero-order valence-electron chi connectivity index (χ0n) is 25.5. The molecule has 0 aromatic rings. The molecule has 0 rings (SSSR count). The van der Waals surface area contributed by atoms with Crippen LogP contribution in [-0.2, 0) is 19.1 Å². The van der Waals surface area contributed by atoms with Crippen LogP contribution in [0.15, 0.2) is 0 Å². The molecule has 0 aromatic heterocycles. The van der Waals surface area contributed by atoms with Crippen LogP contribution in [0.2, 0.25) is 0 Å². The summed E-state index contributed by atoms with van der Waals surface area (Å²) in [7, 11) is 10.8. The maximum Gasteiger partial charge on any atom is 0.305 e. The third-order valence-corrected chi connectivity index (χ3v) is 3.64. The van der Waals surface area contributed by atoms with Gasteiger partial charge in [0.05, 0.1) is 7.11 Å². The van der Waals surface area contributed by atoms with Gasteiger partial charge in [-0.05, 0) is 36.8 Å². The molecule has 0 atom stereocenters. The number of rotatable bonds is 6. The highest BCUT2D eigenvalue weighted by Gasteiger charge is 2.14. The molecule has 35 heavy (non-hydrogen) atoms. The minimum atomic E-state index is -0.125. The Labute approximate surface area is 219 Å². The van der Waals surface area contributed by atoms with E-state index in [0.29, 0.717) is 36.5 Å². The van der Waals surface area contributed by atoms with Crippen molar-refractivity contribution in [2.45, 2.75) is 95.9 Å². The zero-order chi connectivity index (χ0) is 28.3. The summed E-state index contributed by atoms with van der Waals surface area (Å²) in [6.07, 6.45) is 1.78. The molecule has 0 heterocycles. The number of nitrogens with one attached hydrogen (secondary N) is 1. The molecule has 7 nitrogen and oxygen atoms in total. The molecule has 2 amide bonds. The number of ether oxygens (including phenoxy) is 1. The number of nitrogens with zero attached hydrogens (tertiary/aromatic N) is 2. The maximum atomic E-state index is 10.9. The highest BCUT2D eigenvalue weighted by Crippen LogP contribution is 2.17. The minimum absolute atomic E-state index is 0. The van der Waals surface area contributed by atoms with Crippen molar-refractivity contribution in [2.75, 3.05) is 48.9 Å². The smallest absolute Gasteiger partial charge is 0.305 e. The lowest BCUT2D eigenvalue weighted by molar-refractivity contribution is -0.141. The molecule has 0 aromatic carbocycles. The molecule has 0 aliphatic heterocycles. The van der Waals surface area contributed by atoms with Gasteiger partial charge in [-0.1, -0.05) is 76.7 Å². The van der Waals surface area contributed by atoms with E-state index in [4.69, 9.17) is 0 Å². The van der Waals surface area contributed by atoms with Crippen LogP contribution < -0.4 is 5.32 Å². The van der Waals surface area contributed by atoms with Crippen LogP contribution in [0.25, 0.3) is 0 Å². The Morgan fingerprint density at radius 2 is 1.20 bits per heavy atom. The van der Waals surface area contributed by atoms with E-state index in [1.165, 1.54) is 7.11 Å². The van der Waals surface area contributed by atoms with Crippen LogP contribution in [0.1, 0.15) is 95.9 Å². The molecular weight excluding hydrogens is 442 g/mol. The Morgan fingerprint density at radius 3 is 1.29 bits per heavy atom. The Morgan fingerprint density at radius 1 is 0.800 bits per heavy atom. The monoisotopic (exact) mass is 505 g/mol. The first-order valence-electron chi connectivity index (χ1n) is 12.2. The van der Waals surface area contributed by atoms with Gasteiger partial charge in [0.1, 0.15) is 0 Å². The van der Waals surface area contributed by atoms with E-state index in [9.17, 15) is 14.4 Å². The number of carbonyl (C=O) groups excluding carboxylic acids is 3. The zero-order valence-corrected chi connectivity index (χ0v) is 25.5. The summed E-state index contributed by atoms with van der Waals surface area (Å²) in [5.74, 6) is 1.08. The molecule has 0 spiro atoms. The van der Waals surface area contributed by atoms with E-state index in [1.807, 2.05) is 48.5 Å². The molecule has 0 bridgehead atoms. The third-order valence-electron chi connectivity index (χ3n) is 3.64. The van der Waals surface area contributed by atoms with Crippen molar-refractivity contribution in [1.29, 1.82) is 0 Å². The minimum Gasteiger partial charge on any atom is -0.469 e.